The van der Waals surface area contributed by atoms with Crippen molar-refractivity contribution >= 4 is 12.1 Å². The molecule has 0 aliphatic heterocycles. The van der Waals surface area contributed by atoms with Gasteiger partial charge >= 0.3 is 12.1 Å². The summed E-state index contributed by atoms with van der Waals surface area (Å²) in [5, 5.41) is 13.2. The molecule has 0 bridgehead atoms. The van der Waals surface area contributed by atoms with Crippen LogP contribution in [0.4, 0.5) is 4.79 Å². The number of hydrogen-bond donors (Lipinski definition) is 2. The van der Waals surface area contributed by atoms with Crippen molar-refractivity contribution in [2.75, 3.05) is 6.61 Å². The maximum Gasteiger partial charge on any atom is 0.408 e. The van der Waals surface area contributed by atoms with Gasteiger partial charge in [0, 0.05) is 0 Å². The van der Waals surface area contributed by atoms with Crippen molar-refractivity contribution in [3.63, 3.8) is 0 Å². The third-order valence-electron chi connectivity index (χ3n) is 3.65. The van der Waals surface area contributed by atoms with Gasteiger partial charge in [0.1, 0.15) is 5.60 Å². The highest BCUT2D eigenvalue weighted by molar-refractivity contribution is 5.82. The van der Waals surface area contributed by atoms with Crippen LogP contribution in [0.2, 0.25) is 0 Å². The minimum absolute atomic E-state index is 0.290. The molecule has 128 valence electrons. The Labute approximate surface area is 132 Å². The molecule has 1 fully saturated rings. The fourth-order valence-corrected chi connectivity index (χ4v) is 2.51. The Hall–Kier alpha value is -1.30. The molecule has 0 saturated heterocycles. The van der Waals surface area contributed by atoms with Gasteiger partial charge in [-0.1, -0.05) is 26.2 Å². The van der Waals surface area contributed by atoms with Crippen molar-refractivity contribution in [3.8, 4) is 0 Å². The van der Waals surface area contributed by atoms with Crippen molar-refractivity contribution < 1.29 is 24.2 Å². The van der Waals surface area contributed by atoms with Crippen LogP contribution in [0, 0.1) is 0 Å². The lowest BCUT2D eigenvalue weighted by atomic mass is 9.92. The van der Waals surface area contributed by atoms with Crippen LogP contribution in [-0.4, -0.2) is 41.0 Å². The lowest BCUT2D eigenvalue weighted by Crippen LogP contribution is -2.57. The number of carbonyl (C=O) groups excluding carboxylic acids is 2. The van der Waals surface area contributed by atoms with Crippen LogP contribution >= 0.6 is 0 Å². The number of nitrogens with one attached hydrogen (secondary N) is 1. The molecule has 6 heteroatoms. The van der Waals surface area contributed by atoms with E-state index in [1.54, 1.807) is 20.8 Å². The van der Waals surface area contributed by atoms with E-state index in [1.165, 1.54) is 0 Å². The number of carbonyl (C=O) groups is 2. The van der Waals surface area contributed by atoms with Crippen molar-refractivity contribution in [2.45, 2.75) is 83.5 Å². The van der Waals surface area contributed by atoms with Gasteiger partial charge in [0.15, 0.2) is 6.04 Å². The Kier molecular flexibility index (Phi) is 6.66. The fraction of sp³-hybridized carbons (Fsp3) is 0.875. The molecule has 22 heavy (non-hydrogen) atoms. The van der Waals surface area contributed by atoms with E-state index in [9.17, 15) is 14.7 Å². The standard InChI is InChI=1S/C16H29NO5/c1-5-6-11-21-13(18)12(16(20)9-7-8-10-16)17-14(19)22-15(2,3)4/h12,20H,5-11H2,1-4H3,(H,17,19). The first kappa shape index (κ1) is 18.7. The van der Waals surface area contributed by atoms with Crippen LogP contribution in [0.1, 0.15) is 66.2 Å². The summed E-state index contributed by atoms with van der Waals surface area (Å²) >= 11 is 0. The number of unbranched alkanes of at least 4 members (excludes halogenated alkanes) is 1. The molecule has 1 aliphatic rings. The molecule has 6 nitrogen and oxygen atoms in total. The van der Waals surface area contributed by atoms with E-state index < -0.39 is 29.3 Å². The SMILES string of the molecule is CCCCOC(=O)C(NC(=O)OC(C)(C)C)C1(O)CCCC1. The van der Waals surface area contributed by atoms with E-state index in [1.807, 2.05) is 6.92 Å². The molecule has 0 aromatic heterocycles. The Morgan fingerprint density at radius 1 is 1.27 bits per heavy atom. The Balaban J connectivity index is 2.74. The molecule has 1 saturated carbocycles. The summed E-state index contributed by atoms with van der Waals surface area (Å²) < 4.78 is 10.4. The maximum absolute atomic E-state index is 12.3. The first-order chi connectivity index (χ1) is 10.2. The molecule has 0 aromatic rings. The number of rotatable bonds is 6. The number of amides is 1. The molecule has 0 spiro atoms. The average Bonchev–Trinajstić information content (AvgIpc) is 2.82. The highest BCUT2D eigenvalue weighted by Crippen LogP contribution is 2.33. The molecule has 0 radical (unpaired) electrons. The minimum Gasteiger partial charge on any atom is -0.464 e. The predicted octanol–water partition coefficient (Wildman–Crippen LogP) is 2.53. The average molecular weight is 315 g/mol. The quantitative estimate of drug-likeness (QED) is 0.581. The second-order valence-corrected chi connectivity index (χ2v) is 6.91. The van der Waals surface area contributed by atoms with Gasteiger partial charge in [-0.15, -0.1) is 0 Å². The van der Waals surface area contributed by atoms with Gasteiger partial charge in [0.2, 0.25) is 0 Å². The van der Waals surface area contributed by atoms with E-state index in [2.05, 4.69) is 5.32 Å². The Bertz CT molecular complexity index is 382. The summed E-state index contributed by atoms with van der Waals surface area (Å²) in [7, 11) is 0. The molecular weight excluding hydrogens is 286 g/mol. The van der Waals surface area contributed by atoms with Crippen LogP contribution < -0.4 is 5.32 Å². The van der Waals surface area contributed by atoms with E-state index in [4.69, 9.17) is 9.47 Å². The Morgan fingerprint density at radius 2 is 1.86 bits per heavy atom. The highest BCUT2D eigenvalue weighted by atomic mass is 16.6. The molecule has 2 N–H and O–H groups in total. The molecule has 1 rings (SSSR count). The smallest absolute Gasteiger partial charge is 0.408 e. The van der Waals surface area contributed by atoms with Crippen molar-refractivity contribution in [2.24, 2.45) is 0 Å². The second-order valence-electron chi connectivity index (χ2n) is 6.91. The van der Waals surface area contributed by atoms with E-state index >= 15 is 0 Å². The lowest BCUT2D eigenvalue weighted by molar-refractivity contribution is -0.153. The molecule has 1 amide bonds. The van der Waals surface area contributed by atoms with Gasteiger partial charge in [-0.3, -0.25) is 0 Å². The number of hydrogen-bond acceptors (Lipinski definition) is 5. The van der Waals surface area contributed by atoms with E-state index in [0.717, 1.165) is 25.7 Å². The van der Waals surface area contributed by atoms with Gasteiger partial charge in [-0.2, -0.15) is 0 Å². The van der Waals surface area contributed by atoms with Gasteiger partial charge in [-0.25, -0.2) is 9.59 Å². The van der Waals surface area contributed by atoms with Crippen LogP contribution in [0.25, 0.3) is 0 Å². The van der Waals surface area contributed by atoms with Gasteiger partial charge in [0.25, 0.3) is 0 Å². The van der Waals surface area contributed by atoms with Crippen molar-refractivity contribution in [1.29, 1.82) is 0 Å². The summed E-state index contributed by atoms with van der Waals surface area (Å²) in [6.45, 7) is 7.51. The third kappa shape index (κ3) is 5.83. The zero-order chi connectivity index (χ0) is 16.8. The molecular formula is C16H29NO5. The van der Waals surface area contributed by atoms with Crippen LogP contribution in [0.15, 0.2) is 0 Å². The van der Waals surface area contributed by atoms with E-state index in [-0.39, 0.29) is 6.61 Å². The second kappa shape index (κ2) is 7.81. The first-order valence-electron chi connectivity index (χ1n) is 8.06. The molecule has 0 aromatic carbocycles. The molecule has 1 unspecified atom stereocenters. The highest BCUT2D eigenvalue weighted by Gasteiger charge is 2.46. The van der Waals surface area contributed by atoms with Crippen LogP contribution in [0.5, 0.6) is 0 Å². The summed E-state index contributed by atoms with van der Waals surface area (Å²) in [5.41, 5.74) is -1.92. The summed E-state index contributed by atoms with van der Waals surface area (Å²) in [6.07, 6.45) is 3.53. The maximum atomic E-state index is 12.3. The molecule has 1 atom stereocenters. The Morgan fingerprint density at radius 3 is 2.36 bits per heavy atom. The molecule has 0 heterocycles. The van der Waals surface area contributed by atoms with Gasteiger partial charge < -0.3 is 19.9 Å². The summed E-state index contributed by atoms with van der Waals surface area (Å²) in [4.78, 5) is 24.2. The van der Waals surface area contributed by atoms with Crippen LogP contribution in [-0.2, 0) is 14.3 Å². The summed E-state index contributed by atoms with van der Waals surface area (Å²) in [5.74, 6) is -0.594. The first-order valence-corrected chi connectivity index (χ1v) is 8.06. The predicted molar refractivity (Wildman–Crippen MR) is 82.4 cm³/mol. The van der Waals surface area contributed by atoms with E-state index in [0.29, 0.717) is 12.8 Å². The lowest BCUT2D eigenvalue weighted by Gasteiger charge is -2.32. The van der Waals surface area contributed by atoms with Crippen molar-refractivity contribution in [1.82, 2.24) is 5.32 Å². The zero-order valence-corrected chi connectivity index (χ0v) is 14.1. The van der Waals surface area contributed by atoms with Crippen LogP contribution in [0.3, 0.4) is 0 Å². The largest absolute Gasteiger partial charge is 0.464 e. The summed E-state index contributed by atoms with van der Waals surface area (Å²) in [6, 6.07) is -1.08. The number of aliphatic hydroxyl groups is 1. The number of ether oxygens (including phenoxy) is 2. The number of alkyl carbamates (subject to hydrolysis) is 1. The topological polar surface area (TPSA) is 84.9 Å². The number of esters is 1. The van der Waals surface area contributed by atoms with Crippen molar-refractivity contribution in [3.05, 3.63) is 0 Å². The third-order valence-corrected chi connectivity index (χ3v) is 3.65. The zero-order valence-electron chi connectivity index (χ0n) is 14.1. The van der Waals surface area contributed by atoms with Gasteiger partial charge in [0.05, 0.1) is 12.2 Å². The monoisotopic (exact) mass is 315 g/mol. The van der Waals surface area contributed by atoms with Gasteiger partial charge in [-0.05, 0) is 40.0 Å². The fourth-order valence-electron chi connectivity index (χ4n) is 2.51. The molecule has 1 aliphatic carbocycles. The minimum atomic E-state index is -1.25. The normalized spacial score (nSPS) is 18.6.